The second kappa shape index (κ2) is 11.2. The lowest BCUT2D eigenvalue weighted by atomic mass is 10.1. The first-order valence-electron chi connectivity index (χ1n) is 5.09. The molecule has 0 unspecified atom stereocenters. The highest BCUT2D eigenvalue weighted by Gasteiger charge is 1.87. The fourth-order valence-corrected chi connectivity index (χ4v) is 1.19. The summed E-state index contributed by atoms with van der Waals surface area (Å²) in [6, 6.07) is 0. The molecule has 0 saturated heterocycles. The van der Waals surface area contributed by atoms with Crippen LogP contribution in [0.4, 0.5) is 0 Å². The summed E-state index contributed by atoms with van der Waals surface area (Å²) in [6.45, 7) is 3.57. The zero-order chi connectivity index (χ0) is 9.78. The number of rotatable bonds is 9. The normalized spacial score (nSPS) is 10.5. The van der Waals surface area contributed by atoms with Gasteiger partial charge in [-0.25, -0.2) is 4.79 Å². The molecule has 0 aliphatic carbocycles. The summed E-state index contributed by atoms with van der Waals surface area (Å²) in [5.41, 5.74) is 0. The fraction of sp³-hybridized carbons (Fsp3) is 0.727. The molecule has 0 aromatic heterocycles. The SMILES string of the molecule is CCCCCCCCC=CO[C]=O. The molecule has 2 heteroatoms. The second-order valence-corrected chi connectivity index (χ2v) is 3.13. The van der Waals surface area contributed by atoms with Crippen molar-refractivity contribution in [3.05, 3.63) is 12.3 Å². The first-order chi connectivity index (χ1) is 6.41. The number of ether oxygens (including phenoxy) is 1. The minimum Gasteiger partial charge on any atom is -0.426 e. The van der Waals surface area contributed by atoms with Crippen LogP contribution in [-0.4, -0.2) is 6.47 Å². The van der Waals surface area contributed by atoms with Gasteiger partial charge in [-0.15, -0.1) is 0 Å². The van der Waals surface area contributed by atoms with E-state index in [2.05, 4.69) is 11.7 Å². The van der Waals surface area contributed by atoms with E-state index in [4.69, 9.17) is 0 Å². The molecule has 0 rings (SSSR count). The van der Waals surface area contributed by atoms with Gasteiger partial charge in [0.05, 0.1) is 6.26 Å². The van der Waals surface area contributed by atoms with Crippen molar-refractivity contribution >= 4 is 6.47 Å². The van der Waals surface area contributed by atoms with Gasteiger partial charge in [0.2, 0.25) is 0 Å². The van der Waals surface area contributed by atoms with Gasteiger partial charge in [0, 0.05) is 0 Å². The van der Waals surface area contributed by atoms with Crippen LogP contribution < -0.4 is 0 Å². The largest absolute Gasteiger partial charge is 0.426 e. The Kier molecular flexibility index (Phi) is 10.5. The van der Waals surface area contributed by atoms with Crippen molar-refractivity contribution < 1.29 is 9.53 Å². The molecule has 75 valence electrons. The summed E-state index contributed by atoms with van der Waals surface area (Å²) in [5, 5.41) is 0. The van der Waals surface area contributed by atoms with Gasteiger partial charge >= 0.3 is 6.47 Å². The average molecular weight is 183 g/mol. The van der Waals surface area contributed by atoms with Crippen LogP contribution in [-0.2, 0) is 9.53 Å². The van der Waals surface area contributed by atoms with Gasteiger partial charge in [0.1, 0.15) is 0 Å². The van der Waals surface area contributed by atoms with E-state index >= 15 is 0 Å². The average Bonchev–Trinajstić information content (AvgIpc) is 2.16. The van der Waals surface area contributed by atoms with E-state index in [0.717, 1.165) is 6.42 Å². The van der Waals surface area contributed by atoms with Gasteiger partial charge in [-0.2, -0.15) is 0 Å². The number of allylic oxidation sites excluding steroid dienone is 1. The van der Waals surface area contributed by atoms with Crippen molar-refractivity contribution in [3.63, 3.8) is 0 Å². The minimum atomic E-state index is 0.994. The number of carbonyl (C=O) groups excluding carboxylic acids is 1. The number of hydrogen-bond donors (Lipinski definition) is 0. The molecule has 0 atom stereocenters. The van der Waals surface area contributed by atoms with Crippen LogP contribution in [0.15, 0.2) is 12.3 Å². The smallest absolute Gasteiger partial charge is 0.422 e. The van der Waals surface area contributed by atoms with Crippen LogP contribution in [0, 0.1) is 0 Å². The molecule has 0 spiro atoms. The molecular weight excluding hydrogens is 164 g/mol. The Morgan fingerprint density at radius 2 is 1.85 bits per heavy atom. The van der Waals surface area contributed by atoms with E-state index in [1.165, 1.54) is 51.3 Å². The standard InChI is InChI=1S/C11H19O2/c1-2-3-4-5-6-7-8-9-10-13-11-12/h9-10H,2-8H2,1H3. The van der Waals surface area contributed by atoms with Gasteiger partial charge in [-0.05, 0) is 18.9 Å². The van der Waals surface area contributed by atoms with Gasteiger partial charge in [-0.1, -0.05) is 39.0 Å². The Balaban J connectivity index is 2.94. The van der Waals surface area contributed by atoms with Crippen molar-refractivity contribution in [2.75, 3.05) is 0 Å². The Morgan fingerprint density at radius 3 is 2.54 bits per heavy atom. The second-order valence-electron chi connectivity index (χ2n) is 3.13. The molecule has 0 N–H and O–H groups in total. The van der Waals surface area contributed by atoms with Crippen molar-refractivity contribution in [2.45, 2.75) is 51.9 Å². The Hall–Kier alpha value is -0.790. The van der Waals surface area contributed by atoms with Crippen molar-refractivity contribution in [3.8, 4) is 0 Å². The van der Waals surface area contributed by atoms with E-state index in [0.29, 0.717) is 0 Å². The lowest BCUT2D eigenvalue weighted by Crippen LogP contribution is -1.78. The highest BCUT2D eigenvalue weighted by Crippen LogP contribution is 2.06. The number of unbranched alkanes of at least 4 members (excludes halogenated alkanes) is 6. The summed E-state index contributed by atoms with van der Waals surface area (Å²) in [6.07, 6.45) is 12.0. The van der Waals surface area contributed by atoms with Crippen LogP contribution in [0.25, 0.3) is 0 Å². The molecule has 0 amide bonds. The summed E-state index contributed by atoms with van der Waals surface area (Å²) < 4.78 is 4.29. The van der Waals surface area contributed by atoms with Crippen LogP contribution in [0.5, 0.6) is 0 Å². The molecule has 0 aromatic rings. The Morgan fingerprint density at radius 1 is 1.15 bits per heavy atom. The van der Waals surface area contributed by atoms with Gasteiger partial charge in [0.15, 0.2) is 0 Å². The molecule has 1 radical (unpaired) electrons. The van der Waals surface area contributed by atoms with E-state index < -0.39 is 0 Å². The van der Waals surface area contributed by atoms with Gasteiger partial charge in [-0.3, -0.25) is 0 Å². The predicted molar refractivity (Wildman–Crippen MR) is 53.9 cm³/mol. The third-order valence-electron chi connectivity index (χ3n) is 1.94. The zero-order valence-electron chi connectivity index (χ0n) is 8.42. The van der Waals surface area contributed by atoms with Crippen molar-refractivity contribution in [1.29, 1.82) is 0 Å². The van der Waals surface area contributed by atoms with Crippen molar-refractivity contribution in [2.24, 2.45) is 0 Å². The molecule has 0 saturated carbocycles. The maximum atomic E-state index is 9.61. The highest BCUT2D eigenvalue weighted by atomic mass is 16.5. The van der Waals surface area contributed by atoms with Crippen LogP contribution in [0.1, 0.15) is 51.9 Å². The first kappa shape index (κ1) is 12.2. The Labute approximate surface area is 81.0 Å². The van der Waals surface area contributed by atoms with Gasteiger partial charge in [0.25, 0.3) is 0 Å². The fourth-order valence-electron chi connectivity index (χ4n) is 1.19. The van der Waals surface area contributed by atoms with E-state index in [1.807, 2.05) is 6.08 Å². The Bertz CT molecular complexity index is 130. The zero-order valence-corrected chi connectivity index (χ0v) is 8.42. The van der Waals surface area contributed by atoms with E-state index in [-0.39, 0.29) is 0 Å². The molecule has 13 heavy (non-hydrogen) atoms. The topological polar surface area (TPSA) is 26.3 Å². The van der Waals surface area contributed by atoms with Crippen LogP contribution >= 0.6 is 0 Å². The monoisotopic (exact) mass is 183 g/mol. The molecule has 0 heterocycles. The summed E-state index contributed by atoms with van der Waals surface area (Å²) in [5.74, 6) is 0. The third kappa shape index (κ3) is 11.2. The first-order valence-corrected chi connectivity index (χ1v) is 5.09. The predicted octanol–water partition coefficient (Wildman–Crippen LogP) is 3.33. The lowest BCUT2D eigenvalue weighted by molar-refractivity contribution is 0.396. The maximum Gasteiger partial charge on any atom is 0.422 e. The minimum absolute atomic E-state index is 0.994. The molecule has 0 bridgehead atoms. The van der Waals surface area contributed by atoms with E-state index in [9.17, 15) is 4.79 Å². The molecular formula is C11H19O2. The molecule has 2 nitrogen and oxygen atoms in total. The highest BCUT2D eigenvalue weighted by molar-refractivity contribution is 5.39. The molecule has 0 aliphatic rings. The summed E-state index contributed by atoms with van der Waals surface area (Å²) >= 11 is 0. The molecule has 0 aromatic carbocycles. The lowest BCUT2D eigenvalue weighted by Gasteiger charge is -1.97. The molecule has 0 aliphatic heterocycles. The third-order valence-corrected chi connectivity index (χ3v) is 1.94. The van der Waals surface area contributed by atoms with Crippen LogP contribution in [0.2, 0.25) is 0 Å². The summed E-state index contributed by atoms with van der Waals surface area (Å²) in [7, 11) is 0. The summed E-state index contributed by atoms with van der Waals surface area (Å²) in [4.78, 5) is 9.61. The van der Waals surface area contributed by atoms with Gasteiger partial charge < -0.3 is 4.74 Å². The maximum absolute atomic E-state index is 9.61. The quantitative estimate of drug-likeness (QED) is 0.405. The van der Waals surface area contributed by atoms with Crippen molar-refractivity contribution in [1.82, 2.24) is 0 Å². The van der Waals surface area contributed by atoms with E-state index in [1.54, 1.807) is 0 Å². The molecule has 0 fully saturated rings. The van der Waals surface area contributed by atoms with Crippen LogP contribution in [0.3, 0.4) is 0 Å². The number of hydrogen-bond acceptors (Lipinski definition) is 2.